The van der Waals surface area contributed by atoms with Crippen molar-refractivity contribution in [3.63, 3.8) is 0 Å². The molecule has 0 saturated carbocycles. The summed E-state index contributed by atoms with van der Waals surface area (Å²) in [7, 11) is 0. The third-order valence-corrected chi connectivity index (χ3v) is 11.9. The SMILES string of the molecule is C=C1c2ccc(Cc3cc4c(cc3-c3ccccc3C)-c3ccccc3C4(C)C)cc2-c2c(ccc3ccccc23)CC1(CC)CC. The second-order valence-corrected chi connectivity index (χ2v) is 14.6. The Kier molecular flexibility index (Phi) is 6.92. The molecule has 0 unspecified atom stereocenters. The fraction of sp³-hybridized carbons (Fsp3) is 0.234. The van der Waals surface area contributed by atoms with Gasteiger partial charge in [-0.15, -0.1) is 0 Å². The van der Waals surface area contributed by atoms with Crippen LogP contribution in [-0.2, 0) is 18.3 Å². The van der Waals surface area contributed by atoms with E-state index in [1.54, 1.807) is 0 Å². The average molecular weight is 609 g/mol. The predicted molar refractivity (Wildman–Crippen MR) is 202 cm³/mol. The van der Waals surface area contributed by atoms with Gasteiger partial charge in [-0.3, -0.25) is 0 Å². The maximum absolute atomic E-state index is 4.83. The van der Waals surface area contributed by atoms with E-state index in [9.17, 15) is 0 Å². The van der Waals surface area contributed by atoms with E-state index >= 15 is 0 Å². The van der Waals surface area contributed by atoms with Crippen LogP contribution in [0.2, 0.25) is 0 Å². The highest BCUT2D eigenvalue weighted by Gasteiger charge is 2.37. The number of hydrogen-bond donors (Lipinski definition) is 0. The molecule has 0 atom stereocenters. The van der Waals surface area contributed by atoms with Crippen LogP contribution in [0.1, 0.15) is 79.5 Å². The van der Waals surface area contributed by atoms with Crippen LogP contribution in [0.5, 0.6) is 0 Å². The van der Waals surface area contributed by atoms with Gasteiger partial charge in [-0.05, 0) is 133 Å². The first-order valence-corrected chi connectivity index (χ1v) is 17.4. The van der Waals surface area contributed by atoms with E-state index in [4.69, 9.17) is 6.58 Å². The molecule has 2 aliphatic rings. The summed E-state index contributed by atoms with van der Waals surface area (Å²) in [5.41, 5.74) is 19.1. The molecule has 0 aliphatic heterocycles. The Morgan fingerprint density at radius 2 is 1.34 bits per heavy atom. The topological polar surface area (TPSA) is 0 Å². The Labute approximate surface area is 280 Å². The number of benzene rings is 6. The van der Waals surface area contributed by atoms with Crippen molar-refractivity contribution in [3.8, 4) is 33.4 Å². The number of hydrogen-bond acceptors (Lipinski definition) is 0. The zero-order chi connectivity index (χ0) is 32.5. The summed E-state index contributed by atoms with van der Waals surface area (Å²) < 4.78 is 0. The smallest absolute Gasteiger partial charge is 0.0158 e. The van der Waals surface area contributed by atoms with Crippen molar-refractivity contribution in [2.45, 2.75) is 65.7 Å². The van der Waals surface area contributed by atoms with E-state index < -0.39 is 0 Å². The molecule has 0 radical (unpaired) electrons. The molecule has 0 spiro atoms. The molecule has 8 rings (SSSR count). The van der Waals surface area contributed by atoms with Gasteiger partial charge in [0.25, 0.3) is 0 Å². The minimum atomic E-state index is -0.0437. The summed E-state index contributed by atoms with van der Waals surface area (Å²) in [5.74, 6) is 0. The van der Waals surface area contributed by atoms with Crippen LogP contribution in [0, 0.1) is 12.3 Å². The lowest BCUT2D eigenvalue weighted by Gasteiger charge is -2.33. The number of fused-ring (bicyclic) bond motifs is 8. The highest BCUT2D eigenvalue weighted by atomic mass is 14.4. The van der Waals surface area contributed by atoms with E-state index in [-0.39, 0.29) is 10.8 Å². The van der Waals surface area contributed by atoms with Crippen molar-refractivity contribution in [1.29, 1.82) is 0 Å². The molecule has 0 heteroatoms. The molecule has 0 fully saturated rings. The zero-order valence-corrected chi connectivity index (χ0v) is 28.5. The van der Waals surface area contributed by atoms with E-state index in [0.29, 0.717) is 0 Å². The lowest BCUT2D eigenvalue weighted by Crippen LogP contribution is -2.22. The standard InChI is InChI=1S/C47H44/c1-7-47(8-2)29-34-23-22-33-16-10-12-18-38(33)45(34)42-26-32(21-24-37(42)31(47)4)25-35-27-44-41(28-40(35)36-17-11-9-15-30(36)3)39-19-13-14-20-43(39)46(44,5)6/h9-24,26-28H,4,7-8,25,29H2,1-3,5-6H3. The van der Waals surface area contributed by atoms with Gasteiger partial charge in [0.05, 0.1) is 0 Å². The molecule has 0 nitrogen and oxygen atoms in total. The van der Waals surface area contributed by atoms with Crippen LogP contribution in [0.3, 0.4) is 0 Å². The lowest BCUT2D eigenvalue weighted by molar-refractivity contribution is 0.370. The molecule has 0 bridgehead atoms. The predicted octanol–water partition coefficient (Wildman–Crippen LogP) is 12.8. The second-order valence-electron chi connectivity index (χ2n) is 14.6. The van der Waals surface area contributed by atoms with Gasteiger partial charge in [0.2, 0.25) is 0 Å². The van der Waals surface area contributed by atoms with E-state index in [2.05, 4.69) is 150 Å². The minimum Gasteiger partial charge on any atom is -0.0946 e. The lowest BCUT2D eigenvalue weighted by atomic mass is 9.70. The Bertz CT molecular complexity index is 2220. The van der Waals surface area contributed by atoms with Gasteiger partial charge in [-0.25, -0.2) is 0 Å². The first kappa shape index (κ1) is 29.7. The van der Waals surface area contributed by atoms with Crippen LogP contribution in [0.4, 0.5) is 0 Å². The van der Waals surface area contributed by atoms with Crippen LogP contribution in [0.25, 0.3) is 49.7 Å². The van der Waals surface area contributed by atoms with Gasteiger partial charge in [-0.2, -0.15) is 0 Å². The molecule has 47 heavy (non-hydrogen) atoms. The molecular weight excluding hydrogens is 565 g/mol. The van der Waals surface area contributed by atoms with E-state index in [0.717, 1.165) is 25.7 Å². The minimum absolute atomic E-state index is 0.0437. The fourth-order valence-corrected chi connectivity index (χ4v) is 8.92. The normalized spacial score (nSPS) is 15.5. The zero-order valence-electron chi connectivity index (χ0n) is 28.5. The van der Waals surface area contributed by atoms with Gasteiger partial charge in [0.15, 0.2) is 0 Å². The average Bonchev–Trinajstić information content (AvgIpc) is 3.25. The largest absolute Gasteiger partial charge is 0.0946 e. The Morgan fingerprint density at radius 3 is 2.13 bits per heavy atom. The molecule has 6 aromatic rings. The summed E-state index contributed by atoms with van der Waals surface area (Å²) in [5, 5.41) is 2.65. The molecule has 0 saturated heterocycles. The van der Waals surface area contributed by atoms with Crippen molar-refractivity contribution in [2.24, 2.45) is 5.41 Å². The molecular formula is C47H44. The fourth-order valence-electron chi connectivity index (χ4n) is 8.92. The van der Waals surface area contributed by atoms with Crippen molar-refractivity contribution in [2.75, 3.05) is 0 Å². The molecule has 0 aromatic heterocycles. The van der Waals surface area contributed by atoms with Gasteiger partial charge in [0.1, 0.15) is 0 Å². The second kappa shape index (κ2) is 11.0. The van der Waals surface area contributed by atoms with Crippen molar-refractivity contribution in [3.05, 3.63) is 161 Å². The summed E-state index contributed by atoms with van der Waals surface area (Å²) in [4.78, 5) is 0. The summed E-state index contributed by atoms with van der Waals surface area (Å²) >= 11 is 0. The summed E-state index contributed by atoms with van der Waals surface area (Å²) in [6.45, 7) is 16.5. The van der Waals surface area contributed by atoms with E-state index in [1.807, 2.05) is 0 Å². The van der Waals surface area contributed by atoms with Crippen LogP contribution in [-0.4, -0.2) is 0 Å². The number of rotatable bonds is 5. The van der Waals surface area contributed by atoms with Crippen molar-refractivity contribution in [1.82, 2.24) is 0 Å². The Morgan fingerprint density at radius 1 is 0.617 bits per heavy atom. The maximum atomic E-state index is 4.83. The van der Waals surface area contributed by atoms with Crippen molar-refractivity contribution >= 4 is 16.3 Å². The highest BCUT2D eigenvalue weighted by Crippen LogP contribution is 2.53. The van der Waals surface area contributed by atoms with Gasteiger partial charge in [0, 0.05) is 5.41 Å². The van der Waals surface area contributed by atoms with Crippen molar-refractivity contribution < 1.29 is 0 Å². The Balaban J connectivity index is 1.34. The van der Waals surface area contributed by atoms with Crippen LogP contribution >= 0.6 is 0 Å². The highest BCUT2D eigenvalue weighted by molar-refractivity contribution is 6.02. The van der Waals surface area contributed by atoms with Gasteiger partial charge in [-0.1, -0.05) is 143 Å². The van der Waals surface area contributed by atoms with Crippen LogP contribution in [0.15, 0.2) is 122 Å². The van der Waals surface area contributed by atoms with Crippen LogP contribution < -0.4 is 0 Å². The first-order valence-electron chi connectivity index (χ1n) is 17.4. The summed E-state index contributed by atoms with van der Waals surface area (Å²) in [6, 6.07) is 43.8. The molecule has 2 aliphatic carbocycles. The summed E-state index contributed by atoms with van der Waals surface area (Å²) in [6.07, 6.45) is 4.07. The molecule has 232 valence electrons. The number of aryl methyl sites for hydroxylation is 1. The quantitative estimate of drug-likeness (QED) is 0.183. The van der Waals surface area contributed by atoms with E-state index in [1.165, 1.54) is 88.7 Å². The molecule has 0 amide bonds. The molecule has 0 N–H and O–H groups in total. The maximum Gasteiger partial charge on any atom is 0.0158 e. The van der Waals surface area contributed by atoms with Gasteiger partial charge >= 0.3 is 0 Å². The monoisotopic (exact) mass is 608 g/mol. The molecule has 0 heterocycles. The Hall–Kier alpha value is -4.68. The van der Waals surface area contributed by atoms with Gasteiger partial charge < -0.3 is 0 Å². The first-order chi connectivity index (χ1) is 22.8. The number of allylic oxidation sites excluding steroid dienone is 1. The third kappa shape index (κ3) is 4.49. The molecule has 6 aromatic carbocycles. The third-order valence-electron chi connectivity index (χ3n) is 11.9.